The van der Waals surface area contributed by atoms with Gasteiger partial charge in [-0.1, -0.05) is 29.0 Å². The first kappa shape index (κ1) is 19.5. The maximum absolute atomic E-state index is 12.5. The number of hydrogen-bond donors (Lipinski definition) is 1. The van der Waals surface area contributed by atoms with Crippen molar-refractivity contribution in [1.82, 2.24) is 19.9 Å². The summed E-state index contributed by atoms with van der Waals surface area (Å²) in [4.78, 5) is 30.0. The van der Waals surface area contributed by atoms with Gasteiger partial charge < -0.3 is 0 Å². The fourth-order valence-corrected chi connectivity index (χ4v) is 4.46. The van der Waals surface area contributed by atoms with Crippen LogP contribution >= 0.6 is 22.9 Å². The quantitative estimate of drug-likeness (QED) is 0.477. The lowest BCUT2D eigenvalue weighted by molar-refractivity contribution is 0.102. The lowest BCUT2D eigenvalue weighted by Gasteiger charge is -2.06. The van der Waals surface area contributed by atoms with E-state index in [1.807, 2.05) is 18.2 Å². The highest BCUT2D eigenvalue weighted by Gasteiger charge is 2.45. The molecule has 0 aliphatic heterocycles. The second kappa shape index (κ2) is 7.38. The number of nitriles is 1. The molecule has 31 heavy (non-hydrogen) atoms. The van der Waals surface area contributed by atoms with Crippen LogP contribution in [0.1, 0.15) is 34.5 Å². The Balaban J connectivity index is 1.39. The Labute approximate surface area is 186 Å². The molecular weight excluding hydrogens is 432 g/mol. The molecule has 0 spiro atoms. The summed E-state index contributed by atoms with van der Waals surface area (Å²) in [5, 5.41) is 12.9. The Kier molecular flexibility index (Phi) is 4.65. The molecule has 0 atom stereocenters. The predicted molar refractivity (Wildman–Crippen MR) is 119 cm³/mol. The van der Waals surface area contributed by atoms with E-state index in [9.17, 15) is 10.1 Å². The van der Waals surface area contributed by atoms with E-state index in [-0.39, 0.29) is 16.9 Å². The molecule has 1 saturated carbocycles. The number of pyridine rings is 3. The minimum absolute atomic E-state index is 0.287. The first-order chi connectivity index (χ1) is 15.0. The van der Waals surface area contributed by atoms with Gasteiger partial charge in [0.15, 0.2) is 10.8 Å². The molecule has 4 aromatic heterocycles. The Bertz CT molecular complexity index is 1370. The number of rotatable bonds is 4. The number of hydrogen-bond acceptors (Lipinski definition) is 7. The zero-order valence-corrected chi connectivity index (χ0v) is 18.0. The Morgan fingerprint density at radius 1 is 1.19 bits per heavy atom. The van der Waals surface area contributed by atoms with Crippen molar-refractivity contribution in [2.75, 3.05) is 5.32 Å². The van der Waals surface area contributed by atoms with Gasteiger partial charge >= 0.3 is 0 Å². The third kappa shape index (κ3) is 3.63. The highest BCUT2D eigenvalue weighted by molar-refractivity contribution is 7.22. The number of fused-ring (bicyclic) bond motifs is 1. The van der Waals surface area contributed by atoms with Crippen LogP contribution in [0.3, 0.4) is 0 Å². The highest BCUT2D eigenvalue weighted by atomic mass is 35.5. The normalized spacial score (nSPS) is 14.2. The molecule has 1 N–H and O–H groups in total. The average Bonchev–Trinajstić information content (AvgIpc) is 3.47. The summed E-state index contributed by atoms with van der Waals surface area (Å²) in [5.74, 6) is -0.375. The summed E-state index contributed by atoms with van der Waals surface area (Å²) < 4.78 is 0.822. The van der Waals surface area contributed by atoms with Gasteiger partial charge in [-0.2, -0.15) is 10.2 Å². The molecule has 4 heterocycles. The lowest BCUT2D eigenvalue weighted by Crippen LogP contribution is -2.12. The summed E-state index contributed by atoms with van der Waals surface area (Å²) in [6, 6.07) is 9.83. The Morgan fingerprint density at radius 3 is 2.71 bits per heavy atom. The van der Waals surface area contributed by atoms with Crippen LogP contribution in [0.2, 0.25) is 5.02 Å². The van der Waals surface area contributed by atoms with Gasteiger partial charge in [0.05, 0.1) is 32.5 Å². The van der Waals surface area contributed by atoms with Crippen molar-refractivity contribution >= 4 is 44.3 Å². The Hall–Kier alpha value is -3.41. The number of amides is 1. The minimum atomic E-state index is -0.375. The number of anilines is 1. The van der Waals surface area contributed by atoms with E-state index in [1.54, 1.807) is 25.4 Å². The number of nitrogens with zero attached hydrogens (tertiary/aromatic N) is 5. The van der Waals surface area contributed by atoms with Gasteiger partial charge in [0, 0.05) is 29.8 Å². The molecular formula is C22H15ClN6OS. The molecule has 4 aromatic rings. The lowest BCUT2D eigenvalue weighted by atomic mass is 9.99. The van der Waals surface area contributed by atoms with Crippen molar-refractivity contribution in [2.24, 2.45) is 0 Å². The fraction of sp³-hybridized carbons (Fsp3) is 0.182. The molecule has 0 radical (unpaired) electrons. The minimum Gasteiger partial charge on any atom is -0.298 e. The van der Waals surface area contributed by atoms with E-state index in [4.69, 9.17) is 11.6 Å². The number of aromatic nitrogens is 4. The molecule has 1 amide bonds. The molecule has 0 bridgehead atoms. The van der Waals surface area contributed by atoms with Crippen LogP contribution in [0.25, 0.3) is 21.6 Å². The molecule has 0 aromatic carbocycles. The average molecular weight is 447 g/mol. The molecule has 1 aliphatic carbocycles. The summed E-state index contributed by atoms with van der Waals surface area (Å²) in [5.41, 5.74) is 3.77. The molecule has 5 rings (SSSR count). The molecule has 1 aliphatic rings. The third-order valence-electron chi connectivity index (χ3n) is 5.28. The molecule has 152 valence electrons. The van der Waals surface area contributed by atoms with Gasteiger partial charge in [0.2, 0.25) is 0 Å². The van der Waals surface area contributed by atoms with Crippen LogP contribution in [0.15, 0.2) is 42.9 Å². The first-order valence-electron chi connectivity index (χ1n) is 9.56. The zero-order chi connectivity index (χ0) is 21.6. The second-order valence-corrected chi connectivity index (χ2v) is 8.89. The van der Waals surface area contributed by atoms with Gasteiger partial charge in [-0.05, 0) is 43.5 Å². The number of nitrogens with one attached hydrogen (secondary N) is 1. The van der Waals surface area contributed by atoms with E-state index < -0.39 is 0 Å². The van der Waals surface area contributed by atoms with Crippen LogP contribution in [0, 0.1) is 18.3 Å². The van der Waals surface area contributed by atoms with Gasteiger partial charge in [-0.25, -0.2) is 4.98 Å². The monoisotopic (exact) mass is 446 g/mol. The van der Waals surface area contributed by atoms with Crippen molar-refractivity contribution in [2.45, 2.75) is 25.2 Å². The molecule has 1 fully saturated rings. The van der Waals surface area contributed by atoms with Crippen molar-refractivity contribution in [3.63, 3.8) is 0 Å². The van der Waals surface area contributed by atoms with Crippen molar-refractivity contribution < 1.29 is 4.79 Å². The summed E-state index contributed by atoms with van der Waals surface area (Å²) in [7, 11) is 0. The fourth-order valence-electron chi connectivity index (χ4n) is 3.31. The van der Waals surface area contributed by atoms with Gasteiger partial charge in [-0.15, -0.1) is 0 Å². The predicted octanol–water partition coefficient (Wildman–Crippen LogP) is 4.92. The first-order valence-corrected chi connectivity index (χ1v) is 10.8. The maximum Gasteiger partial charge on any atom is 0.260 e. The van der Waals surface area contributed by atoms with E-state index in [0.29, 0.717) is 15.8 Å². The van der Waals surface area contributed by atoms with Crippen LogP contribution in [-0.4, -0.2) is 25.8 Å². The topological polar surface area (TPSA) is 104 Å². The second-order valence-electron chi connectivity index (χ2n) is 7.45. The van der Waals surface area contributed by atoms with Crippen LogP contribution in [-0.2, 0) is 5.41 Å². The molecule has 0 unspecified atom stereocenters. The summed E-state index contributed by atoms with van der Waals surface area (Å²) in [6.45, 7) is 1.81. The van der Waals surface area contributed by atoms with Gasteiger partial charge in [-0.3, -0.25) is 20.1 Å². The smallest absolute Gasteiger partial charge is 0.260 e. The number of carbonyl (C=O) groups excluding carboxylic acids is 1. The zero-order valence-electron chi connectivity index (χ0n) is 16.4. The van der Waals surface area contributed by atoms with Gasteiger partial charge in [0.25, 0.3) is 5.91 Å². The number of carbonyl (C=O) groups is 1. The van der Waals surface area contributed by atoms with E-state index in [1.165, 1.54) is 17.5 Å². The van der Waals surface area contributed by atoms with E-state index in [0.717, 1.165) is 40.1 Å². The van der Waals surface area contributed by atoms with Crippen LogP contribution < -0.4 is 5.32 Å². The summed E-state index contributed by atoms with van der Waals surface area (Å²) >= 11 is 7.47. The van der Waals surface area contributed by atoms with E-state index >= 15 is 0 Å². The van der Waals surface area contributed by atoms with E-state index in [2.05, 4.69) is 31.3 Å². The van der Waals surface area contributed by atoms with Crippen LogP contribution in [0.4, 0.5) is 5.13 Å². The standard InChI is InChI=1S/C22H15ClN6OS/c1-12-6-16(23)15(10-25-12)20(30)29-21-28-19-18(31-21)7-13(8-27-19)17-3-2-14(9-26-17)22(11-24)4-5-22/h2-3,6-10H,4-5H2,1H3,(H,27,28,29,30). The Morgan fingerprint density at radius 2 is 2.03 bits per heavy atom. The van der Waals surface area contributed by atoms with Crippen molar-refractivity contribution in [3.05, 3.63) is 64.7 Å². The van der Waals surface area contributed by atoms with Crippen molar-refractivity contribution in [3.8, 4) is 17.3 Å². The number of aryl methyl sites for hydroxylation is 1. The molecule has 9 heteroatoms. The molecule has 0 saturated heterocycles. The van der Waals surface area contributed by atoms with Crippen LogP contribution in [0.5, 0.6) is 0 Å². The molecule has 7 nitrogen and oxygen atoms in total. The number of thiazole rings is 1. The SMILES string of the molecule is Cc1cc(Cl)c(C(=O)Nc2nc3ncc(-c4ccc(C5(C#N)CC5)cn4)cc3s2)cn1. The summed E-state index contributed by atoms with van der Waals surface area (Å²) in [6.07, 6.45) is 6.69. The largest absolute Gasteiger partial charge is 0.298 e. The maximum atomic E-state index is 12.5. The number of halogens is 1. The van der Waals surface area contributed by atoms with Gasteiger partial charge in [0.1, 0.15) is 0 Å². The van der Waals surface area contributed by atoms with Crippen molar-refractivity contribution in [1.29, 1.82) is 5.26 Å². The third-order valence-corrected chi connectivity index (χ3v) is 6.50. The highest BCUT2D eigenvalue weighted by Crippen LogP contribution is 2.47.